The second-order valence-corrected chi connectivity index (χ2v) is 5.87. The minimum absolute atomic E-state index is 0.0270. The summed E-state index contributed by atoms with van der Waals surface area (Å²) in [6.45, 7) is 2.03. The lowest BCUT2D eigenvalue weighted by Gasteiger charge is -2.35. The van der Waals surface area contributed by atoms with Crippen LogP contribution in [0.1, 0.15) is 23.7 Å². The number of methoxy groups -OCH3 is 1. The number of hydrogen-bond donors (Lipinski definition) is 0. The molecule has 2 heterocycles. The van der Waals surface area contributed by atoms with Crippen LogP contribution in [0, 0.1) is 0 Å². The van der Waals surface area contributed by atoms with Gasteiger partial charge >= 0.3 is 0 Å². The number of nitrogens with zero attached hydrogens (tertiary/aromatic N) is 3. The van der Waals surface area contributed by atoms with Crippen molar-refractivity contribution in [2.45, 2.75) is 24.5 Å². The fraction of sp³-hybridized carbons (Fsp3) is 0.312. The van der Waals surface area contributed by atoms with Crippen molar-refractivity contribution in [3.8, 4) is 5.88 Å². The molecule has 22 heavy (non-hydrogen) atoms. The van der Waals surface area contributed by atoms with Gasteiger partial charge in [0.1, 0.15) is 5.56 Å². The third kappa shape index (κ3) is 2.43. The lowest BCUT2D eigenvalue weighted by molar-refractivity contribution is 0.0965. The number of aromatic nitrogens is 2. The molecule has 0 fully saturated rings. The van der Waals surface area contributed by atoms with Gasteiger partial charge < -0.3 is 9.64 Å². The molecular weight excluding hydrogens is 298 g/mol. The Morgan fingerprint density at radius 2 is 2.00 bits per heavy atom. The molecule has 6 heteroatoms. The molecule has 0 saturated heterocycles. The van der Waals surface area contributed by atoms with Gasteiger partial charge in [0.25, 0.3) is 0 Å². The van der Waals surface area contributed by atoms with Gasteiger partial charge in [0.2, 0.25) is 5.88 Å². The summed E-state index contributed by atoms with van der Waals surface area (Å²) in [6, 6.07) is 10.00. The first kappa shape index (κ1) is 14.8. The van der Waals surface area contributed by atoms with Crippen LogP contribution < -0.4 is 9.64 Å². The van der Waals surface area contributed by atoms with E-state index in [-0.39, 0.29) is 11.8 Å². The van der Waals surface area contributed by atoms with Crippen LogP contribution in [-0.4, -0.2) is 35.2 Å². The fourth-order valence-electron chi connectivity index (χ4n) is 2.70. The number of thioether (sulfide) groups is 1. The minimum Gasteiger partial charge on any atom is -0.480 e. The molecule has 3 rings (SSSR count). The van der Waals surface area contributed by atoms with Crippen LogP contribution in [0.25, 0.3) is 0 Å². The Balaban J connectivity index is 2.23. The summed E-state index contributed by atoms with van der Waals surface area (Å²) in [4.78, 5) is 23.4. The second-order valence-electron chi connectivity index (χ2n) is 5.10. The maximum absolute atomic E-state index is 12.5. The standard InChI is InChI=1S/C16H17N3O2S/c1-10-9-12(20)13-14(17-16(22-3)18-15(13)21-2)19(10)11-7-5-4-6-8-11/h4-8,10H,9H2,1-3H3. The van der Waals surface area contributed by atoms with Crippen LogP contribution in [0.2, 0.25) is 0 Å². The van der Waals surface area contributed by atoms with E-state index >= 15 is 0 Å². The number of ether oxygens (including phenoxy) is 1. The van der Waals surface area contributed by atoms with Crippen molar-refractivity contribution >= 4 is 29.1 Å². The van der Waals surface area contributed by atoms with Gasteiger partial charge in [-0.3, -0.25) is 4.79 Å². The first-order valence-electron chi connectivity index (χ1n) is 7.03. The molecule has 0 radical (unpaired) electrons. The third-order valence-corrected chi connectivity index (χ3v) is 4.22. The number of rotatable bonds is 3. The molecule has 1 unspecified atom stereocenters. The van der Waals surface area contributed by atoms with Gasteiger partial charge in [-0.25, -0.2) is 4.98 Å². The van der Waals surface area contributed by atoms with Gasteiger partial charge in [-0.05, 0) is 25.3 Å². The van der Waals surface area contributed by atoms with Crippen molar-refractivity contribution in [2.75, 3.05) is 18.3 Å². The number of benzene rings is 1. The van der Waals surface area contributed by atoms with Gasteiger partial charge in [-0.2, -0.15) is 4.98 Å². The van der Waals surface area contributed by atoms with Crippen LogP contribution in [-0.2, 0) is 0 Å². The number of carbonyl (C=O) groups is 1. The smallest absolute Gasteiger partial charge is 0.230 e. The molecule has 0 N–H and O–H groups in total. The zero-order valence-electron chi connectivity index (χ0n) is 12.7. The van der Waals surface area contributed by atoms with Crippen molar-refractivity contribution in [3.05, 3.63) is 35.9 Å². The number of ketones is 1. The van der Waals surface area contributed by atoms with E-state index in [1.807, 2.05) is 43.5 Å². The normalized spacial score (nSPS) is 17.3. The Morgan fingerprint density at radius 1 is 1.27 bits per heavy atom. The summed E-state index contributed by atoms with van der Waals surface area (Å²) < 4.78 is 5.33. The second kappa shape index (κ2) is 5.96. The van der Waals surface area contributed by atoms with E-state index in [9.17, 15) is 4.79 Å². The zero-order chi connectivity index (χ0) is 15.7. The molecule has 1 atom stereocenters. The van der Waals surface area contributed by atoms with Crippen LogP contribution in [0.5, 0.6) is 5.88 Å². The Labute approximate surface area is 133 Å². The first-order valence-corrected chi connectivity index (χ1v) is 8.25. The largest absolute Gasteiger partial charge is 0.480 e. The monoisotopic (exact) mass is 315 g/mol. The number of Topliss-reactive ketones (excluding diaryl/α,β-unsaturated/α-hetero) is 1. The van der Waals surface area contributed by atoms with Gasteiger partial charge in [0, 0.05) is 18.2 Å². The molecule has 1 aromatic heterocycles. The Hall–Kier alpha value is -2.08. The van der Waals surface area contributed by atoms with Crippen molar-refractivity contribution in [1.82, 2.24) is 9.97 Å². The predicted octanol–water partition coefficient (Wildman–Crippen LogP) is 3.32. The minimum atomic E-state index is 0.0270. The highest BCUT2D eigenvalue weighted by atomic mass is 32.2. The van der Waals surface area contributed by atoms with E-state index in [1.165, 1.54) is 18.9 Å². The van der Waals surface area contributed by atoms with Crippen molar-refractivity contribution in [2.24, 2.45) is 0 Å². The summed E-state index contributed by atoms with van der Waals surface area (Å²) >= 11 is 1.43. The molecular formula is C16H17N3O2S. The highest BCUT2D eigenvalue weighted by molar-refractivity contribution is 7.98. The summed E-state index contributed by atoms with van der Waals surface area (Å²) in [6.07, 6.45) is 2.32. The Kier molecular flexibility index (Phi) is 4.02. The van der Waals surface area contributed by atoms with Crippen LogP contribution in [0.3, 0.4) is 0 Å². The molecule has 1 aliphatic heterocycles. The Morgan fingerprint density at radius 3 is 2.64 bits per heavy atom. The highest BCUT2D eigenvalue weighted by Gasteiger charge is 2.35. The first-order chi connectivity index (χ1) is 10.7. The number of para-hydroxylation sites is 1. The predicted molar refractivity (Wildman–Crippen MR) is 87.4 cm³/mol. The quantitative estimate of drug-likeness (QED) is 0.640. The number of carbonyl (C=O) groups excluding carboxylic acids is 1. The lowest BCUT2D eigenvalue weighted by atomic mass is 9.98. The molecule has 0 aliphatic carbocycles. The van der Waals surface area contributed by atoms with Crippen molar-refractivity contribution < 1.29 is 9.53 Å². The fourth-order valence-corrected chi connectivity index (χ4v) is 3.05. The van der Waals surface area contributed by atoms with E-state index in [0.717, 1.165) is 5.69 Å². The number of hydrogen-bond acceptors (Lipinski definition) is 6. The van der Waals surface area contributed by atoms with Gasteiger partial charge in [0.05, 0.1) is 7.11 Å². The van der Waals surface area contributed by atoms with E-state index in [2.05, 4.69) is 14.9 Å². The SMILES string of the molecule is COc1nc(SC)nc2c1C(=O)CC(C)N2c1ccccc1. The van der Waals surface area contributed by atoms with Crippen molar-refractivity contribution in [3.63, 3.8) is 0 Å². The Bertz CT molecular complexity index is 706. The summed E-state index contributed by atoms with van der Waals surface area (Å²) in [5, 5.41) is 0.596. The summed E-state index contributed by atoms with van der Waals surface area (Å²) in [5.74, 6) is 1.01. The maximum atomic E-state index is 12.5. The van der Waals surface area contributed by atoms with E-state index in [4.69, 9.17) is 4.74 Å². The maximum Gasteiger partial charge on any atom is 0.230 e. The zero-order valence-corrected chi connectivity index (χ0v) is 13.6. The highest BCUT2D eigenvalue weighted by Crippen LogP contribution is 2.39. The van der Waals surface area contributed by atoms with E-state index in [1.54, 1.807) is 0 Å². The molecule has 0 bridgehead atoms. The molecule has 0 spiro atoms. The van der Waals surface area contributed by atoms with Crippen LogP contribution in [0.15, 0.2) is 35.5 Å². The molecule has 0 amide bonds. The third-order valence-electron chi connectivity index (χ3n) is 3.68. The molecule has 0 saturated carbocycles. The van der Waals surface area contributed by atoms with Crippen LogP contribution >= 0.6 is 11.8 Å². The number of anilines is 2. The van der Waals surface area contributed by atoms with Gasteiger partial charge in [-0.15, -0.1) is 0 Å². The lowest BCUT2D eigenvalue weighted by Crippen LogP contribution is -2.37. The van der Waals surface area contributed by atoms with E-state index < -0.39 is 0 Å². The number of fused-ring (bicyclic) bond motifs is 1. The molecule has 1 aliphatic rings. The molecule has 114 valence electrons. The molecule has 1 aromatic carbocycles. The van der Waals surface area contributed by atoms with Gasteiger partial charge in [0.15, 0.2) is 16.8 Å². The average Bonchev–Trinajstić information content (AvgIpc) is 2.54. The van der Waals surface area contributed by atoms with Gasteiger partial charge in [-0.1, -0.05) is 30.0 Å². The molecule has 2 aromatic rings. The van der Waals surface area contributed by atoms with Crippen molar-refractivity contribution in [1.29, 1.82) is 0 Å². The molecule has 5 nitrogen and oxygen atoms in total. The summed E-state index contributed by atoms with van der Waals surface area (Å²) in [5.41, 5.74) is 1.49. The van der Waals surface area contributed by atoms with Crippen LogP contribution in [0.4, 0.5) is 11.5 Å². The van der Waals surface area contributed by atoms with E-state index in [0.29, 0.717) is 28.8 Å². The average molecular weight is 315 g/mol. The summed E-state index contributed by atoms with van der Waals surface area (Å²) in [7, 11) is 1.53. The topological polar surface area (TPSA) is 55.3 Å².